The molecular weight excluding hydrogens is 496 g/mol. The molecule has 1 amide bonds. The summed E-state index contributed by atoms with van der Waals surface area (Å²) in [6.07, 6.45) is 0. The number of methoxy groups -OCH3 is 1. The maximum atomic E-state index is 14.0. The SMILES string of the molecule is COc1ccc(S(=O)(=O)N(Cc2ccccc2)c2ccccc2C(=O)Nc2cccc3ccccc23)cc1. The number of sulfonamides is 1. The minimum atomic E-state index is -4.04. The molecule has 1 N–H and O–H groups in total. The lowest BCUT2D eigenvalue weighted by molar-refractivity contribution is 0.102. The molecule has 0 atom stereocenters. The Morgan fingerprint density at radius 1 is 0.763 bits per heavy atom. The highest BCUT2D eigenvalue weighted by atomic mass is 32.2. The minimum Gasteiger partial charge on any atom is -0.497 e. The maximum absolute atomic E-state index is 14.0. The molecule has 0 heterocycles. The van der Waals surface area contributed by atoms with Gasteiger partial charge in [0.1, 0.15) is 5.75 Å². The number of hydrogen-bond acceptors (Lipinski definition) is 4. The van der Waals surface area contributed by atoms with Gasteiger partial charge in [-0.3, -0.25) is 9.10 Å². The molecule has 0 bridgehead atoms. The topological polar surface area (TPSA) is 75.7 Å². The second kappa shape index (κ2) is 10.8. The number of benzene rings is 5. The average Bonchev–Trinajstić information content (AvgIpc) is 2.96. The first-order valence-corrected chi connectivity index (χ1v) is 13.5. The van der Waals surface area contributed by atoms with Crippen molar-refractivity contribution >= 4 is 38.1 Å². The van der Waals surface area contributed by atoms with Gasteiger partial charge in [-0.1, -0.05) is 78.9 Å². The highest BCUT2D eigenvalue weighted by molar-refractivity contribution is 7.92. The van der Waals surface area contributed by atoms with Crippen molar-refractivity contribution in [1.29, 1.82) is 0 Å². The number of hydrogen-bond donors (Lipinski definition) is 1. The van der Waals surface area contributed by atoms with Crippen LogP contribution in [0.4, 0.5) is 11.4 Å². The van der Waals surface area contributed by atoms with Crippen LogP contribution in [0.2, 0.25) is 0 Å². The van der Waals surface area contributed by atoms with Crippen LogP contribution in [0, 0.1) is 0 Å². The molecule has 0 aliphatic heterocycles. The molecule has 5 rings (SSSR count). The lowest BCUT2D eigenvalue weighted by atomic mass is 10.1. The van der Waals surface area contributed by atoms with Crippen molar-refractivity contribution in [2.45, 2.75) is 11.4 Å². The summed E-state index contributed by atoms with van der Waals surface area (Å²) in [7, 11) is -2.52. The first-order valence-electron chi connectivity index (χ1n) is 12.1. The molecule has 6 nitrogen and oxygen atoms in total. The van der Waals surface area contributed by atoms with Gasteiger partial charge < -0.3 is 10.1 Å². The van der Waals surface area contributed by atoms with Gasteiger partial charge in [0.25, 0.3) is 15.9 Å². The van der Waals surface area contributed by atoms with Crippen molar-refractivity contribution in [3.8, 4) is 5.75 Å². The molecule has 7 heteroatoms. The zero-order valence-corrected chi connectivity index (χ0v) is 21.6. The zero-order chi connectivity index (χ0) is 26.5. The summed E-state index contributed by atoms with van der Waals surface area (Å²) in [4.78, 5) is 13.7. The fraction of sp³-hybridized carbons (Fsp3) is 0.0645. The van der Waals surface area contributed by atoms with E-state index in [0.717, 1.165) is 16.3 Å². The molecule has 0 aliphatic carbocycles. The molecule has 38 heavy (non-hydrogen) atoms. The number of amides is 1. The third-order valence-electron chi connectivity index (χ3n) is 6.27. The lowest BCUT2D eigenvalue weighted by Crippen LogP contribution is -2.32. The molecule has 0 spiro atoms. The molecule has 0 radical (unpaired) electrons. The summed E-state index contributed by atoms with van der Waals surface area (Å²) >= 11 is 0. The van der Waals surface area contributed by atoms with Crippen molar-refractivity contribution < 1.29 is 17.9 Å². The number of nitrogens with zero attached hydrogens (tertiary/aromatic N) is 1. The smallest absolute Gasteiger partial charge is 0.264 e. The van der Waals surface area contributed by atoms with Crippen LogP contribution in [0.5, 0.6) is 5.75 Å². The van der Waals surface area contributed by atoms with Gasteiger partial charge in [0, 0.05) is 11.1 Å². The summed E-state index contributed by atoms with van der Waals surface area (Å²) < 4.78 is 34.5. The van der Waals surface area contributed by atoms with Crippen molar-refractivity contribution in [2.24, 2.45) is 0 Å². The Kier molecular flexibility index (Phi) is 7.11. The van der Waals surface area contributed by atoms with Gasteiger partial charge >= 0.3 is 0 Å². The highest BCUT2D eigenvalue weighted by Gasteiger charge is 2.29. The van der Waals surface area contributed by atoms with Gasteiger partial charge in [-0.25, -0.2) is 8.42 Å². The van der Waals surface area contributed by atoms with E-state index in [-0.39, 0.29) is 22.7 Å². The van der Waals surface area contributed by atoms with E-state index in [2.05, 4.69) is 5.32 Å². The molecule has 5 aromatic rings. The van der Waals surface area contributed by atoms with Crippen molar-refractivity contribution in [3.63, 3.8) is 0 Å². The summed E-state index contributed by atoms with van der Waals surface area (Å²) in [6.45, 7) is 0.0494. The van der Waals surface area contributed by atoms with Crippen LogP contribution < -0.4 is 14.4 Å². The summed E-state index contributed by atoms with van der Waals surface area (Å²) in [6, 6.07) is 35.7. The fourth-order valence-electron chi connectivity index (χ4n) is 4.33. The van der Waals surface area contributed by atoms with Crippen LogP contribution >= 0.6 is 0 Å². The maximum Gasteiger partial charge on any atom is 0.264 e. The van der Waals surface area contributed by atoms with Gasteiger partial charge in [-0.15, -0.1) is 0 Å². The van der Waals surface area contributed by atoms with E-state index in [0.29, 0.717) is 11.4 Å². The van der Waals surface area contributed by atoms with Gasteiger partial charge in [-0.2, -0.15) is 0 Å². The van der Waals surface area contributed by atoms with Gasteiger partial charge in [0.15, 0.2) is 0 Å². The Balaban J connectivity index is 1.58. The van der Waals surface area contributed by atoms with E-state index in [1.54, 1.807) is 36.4 Å². The zero-order valence-electron chi connectivity index (χ0n) is 20.7. The number of ether oxygens (including phenoxy) is 1. The van der Waals surface area contributed by atoms with Crippen LogP contribution in [0.1, 0.15) is 15.9 Å². The molecule has 0 aliphatic rings. The highest BCUT2D eigenvalue weighted by Crippen LogP contribution is 2.31. The lowest BCUT2D eigenvalue weighted by Gasteiger charge is -2.27. The number of rotatable bonds is 8. The van der Waals surface area contributed by atoms with E-state index < -0.39 is 15.9 Å². The Labute approximate surface area is 222 Å². The van der Waals surface area contributed by atoms with Gasteiger partial charge in [0.2, 0.25) is 0 Å². The molecule has 5 aromatic carbocycles. The molecule has 190 valence electrons. The van der Waals surface area contributed by atoms with Crippen molar-refractivity contribution in [3.05, 3.63) is 132 Å². The van der Waals surface area contributed by atoms with Crippen LogP contribution in [-0.2, 0) is 16.6 Å². The van der Waals surface area contributed by atoms with Crippen molar-refractivity contribution in [1.82, 2.24) is 0 Å². The number of carbonyl (C=O) groups excluding carboxylic acids is 1. The third kappa shape index (κ3) is 5.10. The van der Waals surface area contributed by atoms with Gasteiger partial charge in [-0.05, 0) is 53.4 Å². The van der Waals surface area contributed by atoms with E-state index in [1.165, 1.54) is 23.5 Å². The fourth-order valence-corrected chi connectivity index (χ4v) is 5.80. The van der Waals surface area contributed by atoms with E-state index in [9.17, 15) is 13.2 Å². The minimum absolute atomic E-state index is 0.0494. The Bertz CT molecular complexity index is 1680. The Morgan fingerprint density at radius 2 is 1.42 bits per heavy atom. The standard InChI is InChI=1S/C31H26N2O4S/c1-37-25-18-20-26(21-19-25)38(35,36)33(22-23-10-3-2-4-11-23)30-17-8-7-15-28(30)31(34)32-29-16-9-13-24-12-5-6-14-27(24)29/h2-21H,22H2,1H3,(H,32,34). The van der Waals surface area contributed by atoms with E-state index >= 15 is 0 Å². The first-order chi connectivity index (χ1) is 18.5. The third-order valence-corrected chi connectivity index (χ3v) is 8.05. The second-order valence-electron chi connectivity index (χ2n) is 8.67. The van der Waals surface area contributed by atoms with Gasteiger partial charge in [0.05, 0.1) is 29.8 Å². The normalized spacial score (nSPS) is 11.2. The number of para-hydroxylation sites is 1. The molecule has 0 aromatic heterocycles. The summed E-state index contributed by atoms with van der Waals surface area (Å²) in [5.41, 5.74) is 1.96. The first kappa shape index (κ1) is 25.0. The molecule has 0 saturated heterocycles. The van der Waals surface area contributed by atoms with E-state index in [4.69, 9.17) is 4.74 Å². The number of carbonyl (C=O) groups is 1. The number of fused-ring (bicyclic) bond motifs is 1. The molecule has 0 unspecified atom stereocenters. The molecular formula is C31H26N2O4S. The predicted molar refractivity (Wildman–Crippen MR) is 151 cm³/mol. The monoisotopic (exact) mass is 522 g/mol. The number of anilines is 2. The summed E-state index contributed by atoms with van der Waals surface area (Å²) in [5, 5.41) is 4.88. The average molecular weight is 523 g/mol. The summed E-state index contributed by atoms with van der Waals surface area (Å²) in [5.74, 6) is 0.147. The van der Waals surface area contributed by atoms with Crippen LogP contribution in [0.3, 0.4) is 0 Å². The van der Waals surface area contributed by atoms with Crippen molar-refractivity contribution in [2.75, 3.05) is 16.7 Å². The molecule has 0 fully saturated rings. The Hall–Kier alpha value is -4.62. The van der Waals surface area contributed by atoms with Crippen LogP contribution in [0.25, 0.3) is 10.8 Å². The quantitative estimate of drug-likeness (QED) is 0.253. The van der Waals surface area contributed by atoms with Crippen LogP contribution in [0.15, 0.2) is 126 Å². The molecule has 0 saturated carbocycles. The largest absolute Gasteiger partial charge is 0.497 e. The van der Waals surface area contributed by atoms with Crippen LogP contribution in [-0.4, -0.2) is 21.4 Å². The number of nitrogens with one attached hydrogen (secondary N) is 1. The predicted octanol–water partition coefficient (Wildman–Crippen LogP) is 6.50. The Morgan fingerprint density at radius 3 is 2.18 bits per heavy atom. The van der Waals surface area contributed by atoms with E-state index in [1.807, 2.05) is 72.8 Å². The second-order valence-corrected chi connectivity index (χ2v) is 10.5.